The Morgan fingerprint density at radius 3 is 2.64 bits per heavy atom. The van der Waals surface area contributed by atoms with Gasteiger partial charge in [-0.1, -0.05) is 6.07 Å². The van der Waals surface area contributed by atoms with E-state index in [1.807, 2.05) is 66.8 Å². The number of rotatable bonds is 6. The molecule has 1 amide bonds. The van der Waals surface area contributed by atoms with Crippen molar-refractivity contribution in [2.24, 2.45) is 0 Å². The van der Waals surface area contributed by atoms with E-state index in [9.17, 15) is 9.59 Å². The zero-order valence-electron chi connectivity index (χ0n) is 19.6. The highest BCUT2D eigenvalue weighted by Crippen LogP contribution is 2.30. The summed E-state index contributed by atoms with van der Waals surface area (Å²) in [6.07, 6.45) is 3.75. The van der Waals surface area contributed by atoms with Crippen LogP contribution in [0.25, 0.3) is 11.0 Å². The second-order valence-electron chi connectivity index (χ2n) is 8.48. The lowest BCUT2D eigenvalue weighted by Gasteiger charge is -2.26. The van der Waals surface area contributed by atoms with Crippen molar-refractivity contribution >= 4 is 29.1 Å². The fraction of sp³-hybridized carbons (Fsp3) is 0.417. The summed E-state index contributed by atoms with van der Waals surface area (Å²) in [6.45, 7) is 11.0. The lowest BCUT2D eigenvalue weighted by atomic mass is 10.2. The summed E-state index contributed by atoms with van der Waals surface area (Å²) >= 11 is 0. The SMILES string of the molecule is CC(C)(C)OC=O.CCn1cc(N2CCNCC2=O)c2ccc(OCc3ccccn3)nc21. The average Bonchev–Trinajstić information content (AvgIpc) is 3.16. The highest BCUT2D eigenvalue weighted by molar-refractivity contribution is 6.04. The normalized spacial score (nSPS) is 13.9. The van der Waals surface area contributed by atoms with E-state index in [-0.39, 0.29) is 11.5 Å². The first-order valence-electron chi connectivity index (χ1n) is 11.0. The van der Waals surface area contributed by atoms with Gasteiger partial charge in [0.25, 0.3) is 6.47 Å². The Bertz CT molecular complexity index is 1080. The number of fused-ring (bicyclic) bond motifs is 1. The van der Waals surface area contributed by atoms with E-state index in [1.54, 1.807) is 6.20 Å². The van der Waals surface area contributed by atoms with E-state index in [0.29, 0.717) is 32.0 Å². The molecule has 1 fully saturated rings. The molecule has 9 nitrogen and oxygen atoms in total. The third-order valence-electron chi connectivity index (χ3n) is 4.89. The third-order valence-corrected chi connectivity index (χ3v) is 4.89. The molecule has 0 spiro atoms. The molecule has 1 aliphatic rings. The maximum Gasteiger partial charge on any atom is 0.293 e. The Kier molecular flexibility index (Phi) is 8.00. The number of nitrogens with zero attached hydrogens (tertiary/aromatic N) is 4. The van der Waals surface area contributed by atoms with E-state index in [1.165, 1.54) is 0 Å². The standard InChI is InChI=1S/C19H21N5O2.C5H10O2/c1-2-23-12-16(24-10-9-20-11-18(24)25)15-6-7-17(22-19(15)23)26-13-14-5-3-4-8-21-14;1-5(2,3)7-4-6/h3-8,12,20H,2,9-11,13H2,1H3;4H,1-3H3. The summed E-state index contributed by atoms with van der Waals surface area (Å²) in [7, 11) is 0. The summed E-state index contributed by atoms with van der Waals surface area (Å²) < 4.78 is 12.4. The molecule has 0 bridgehead atoms. The number of ether oxygens (including phenoxy) is 2. The molecule has 176 valence electrons. The number of piperazine rings is 1. The van der Waals surface area contributed by atoms with Crippen LogP contribution in [0, 0.1) is 0 Å². The van der Waals surface area contributed by atoms with Gasteiger partial charge in [0.1, 0.15) is 17.9 Å². The molecule has 1 saturated heterocycles. The zero-order valence-corrected chi connectivity index (χ0v) is 19.6. The number of nitrogens with one attached hydrogen (secondary N) is 1. The monoisotopic (exact) mass is 453 g/mol. The van der Waals surface area contributed by atoms with Gasteiger partial charge in [0.05, 0.1) is 17.9 Å². The van der Waals surface area contributed by atoms with Crippen LogP contribution >= 0.6 is 0 Å². The number of aromatic nitrogens is 3. The van der Waals surface area contributed by atoms with Gasteiger partial charge in [-0.15, -0.1) is 0 Å². The van der Waals surface area contributed by atoms with Crippen molar-refractivity contribution < 1.29 is 19.1 Å². The maximum absolute atomic E-state index is 12.3. The van der Waals surface area contributed by atoms with Crippen LogP contribution in [0.2, 0.25) is 0 Å². The van der Waals surface area contributed by atoms with Crippen molar-refractivity contribution in [3.05, 3.63) is 48.4 Å². The maximum atomic E-state index is 12.3. The summed E-state index contributed by atoms with van der Waals surface area (Å²) in [4.78, 5) is 32.6. The predicted octanol–water partition coefficient (Wildman–Crippen LogP) is 2.92. The first kappa shape index (κ1) is 24.2. The van der Waals surface area contributed by atoms with Crippen LogP contribution < -0.4 is 15.0 Å². The molecule has 3 aromatic heterocycles. The van der Waals surface area contributed by atoms with Crippen molar-refractivity contribution in [2.45, 2.75) is 46.4 Å². The number of carbonyl (C=O) groups is 2. The Morgan fingerprint density at radius 1 is 1.21 bits per heavy atom. The van der Waals surface area contributed by atoms with E-state index < -0.39 is 0 Å². The minimum Gasteiger partial charge on any atom is -0.471 e. The van der Waals surface area contributed by atoms with Gasteiger partial charge in [-0.25, -0.2) is 0 Å². The van der Waals surface area contributed by atoms with Gasteiger partial charge in [0.15, 0.2) is 0 Å². The Morgan fingerprint density at radius 2 is 2.03 bits per heavy atom. The van der Waals surface area contributed by atoms with E-state index >= 15 is 0 Å². The van der Waals surface area contributed by atoms with E-state index in [2.05, 4.69) is 26.9 Å². The van der Waals surface area contributed by atoms with Crippen molar-refractivity contribution in [2.75, 3.05) is 24.5 Å². The molecule has 0 radical (unpaired) electrons. The molecule has 3 aromatic rings. The molecule has 4 rings (SSSR count). The lowest BCUT2D eigenvalue weighted by Crippen LogP contribution is -2.48. The molecule has 1 N–H and O–H groups in total. The molecule has 1 aliphatic heterocycles. The van der Waals surface area contributed by atoms with Gasteiger partial charge in [-0.05, 0) is 45.9 Å². The molecule has 4 heterocycles. The fourth-order valence-corrected chi connectivity index (χ4v) is 3.30. The number of anilines is 1. The van der Waals surface area contributed by atoms with Crippen molar-refractivity contribution in [1.29, 1.82) is 0 Å². The van der Waals surface area contributed by atoms with Gasteiger partial charge >= 0.3 is 0 Å². The minimum absolute atomic E-state index is 0.0851. The van der Waals surface area contributed by atoms with E-state index in [4.69, 9.17) is 4.74 Å². The quantitative estimate of drug-likeness (QED) is 0.573. The molecular formula is C24H31N5O4. The van der Waals surface area contributed by atoms with Crippen LogP contribution in [0.15, 0.2) is 42.7 Å². The van der Waals surface area contributed by atoms with Gasteiger partial charge in [0.2, 0.25) is 11.8 Å². The highest BCUT2D eigenvalue weighted by atomic mass is 16.5. The second kappa shape index (κ2) is 10.9. The Labute approximate surface area is 193 Å². The van der Waals surface area contributed by atoms with E-state index in [0.717, 1.165) is 35.5 Å². The Hall–Kier alpha value is -3.46. The number of hydrogen-bond acceptors (Lipinski definition) is 7. The summed E-state index contributed by atoms with van der Waals surface area (Å²) in [5.41, 5.74) is 2.28. The molecule has 0 aromatic carbocycles. The number of aryl methyl sites for hydroxylation is 1. The van der Waals surface area contributed by atoms with Crippen LogP contribution in [0.3, 0.4) is 0 Å². The Balaban J connectivity index is 0.000000383. The van der Waals surface area contributed by atoms with Crippen LogP contribution in [-0.2, 0) is 27.5 Å². The van der Waals surface area contributed by atoms with Gasteiger partial charge in [0, 0.05) is 43.5 Å². The van der Waals surface area contributed by atoms with Gasteiger partial charge in [-0.2, -0.15) is 4.98 Å². The van der Waals surface area contributed by atoms with Gasteiger partial charge in [-0.3, -0.25) is 14.6 Å². The highest BCUT2D eigenvalue weighted by Gasteiger charge is 2.23. The van der Waals surface area contributed by atoms with Crippen LogP contribution in [0.5, 0.6) is 5.88 Å². The minimum atomic E-state index is -0.318. The molecule has 9 heteroatoms. The molecule has 0 atom stereocenters. The molecular weight excluding hydrogens is 422 g/mol. The molecule has 33 heavy (non-hydrogen) atoms. The number of hydrogen-bond donors (Lipinski definition) is 1. The van der Waals surface area contributed by atoms with Crippen molar-refractivity contribution in [3.63, 3.8) is 0 Å². The summed E-state index contributed by atoms with van der Waals surface area (Å²) in [5.74, 6) is 0.635. The third kappa shape index (κ3) is 6.52. The number of pyridine rings is 2. The summed E-state index contributed by atoms with van der Waals surface area (Å²) in [6, 6.07) is 9.55. The topological polar surface area (TPSA) is 98.6 Å². The summed E-state index contributed by atoms with van der Waals surface area (Å²) in [5, 5.41) is 4.07. The van der Waals surface area contributed by atoms with Crippen molar-refractivity contribution in [3.8, 4) is 5.88 Å². The van der Waals surface area contributed by atoms with Crippen LogP contribution in [-0.4, -0.2) is 52.1 Å². The van der Waals surface area contributed by atoms with Crippen LogP contribution in [0.1, 0.15) is 33.4 Å². The number of amides is 1. The first-order valence-corrected chi connectivity index (χ1v) is 11.0. The molecule has 0 unspecified atom stereocenters. The predicted molar refractivity (Wildman–Crippen MR) is 126 cm³/mol. The smallest absolute Gasteiger partial charge is 0.293 e. The molecule has 0 aliphatic carbocycles. The fourth-order valence-electron chi connectivity index (χ4n) is 3.30. The lowest BCUT2D eigenvalue weighted by molar-refractivity contribution is -0.138. The average molecular weight is 454 g/mol. The van der Waals surface area contributed by atoms with Crippen LogP contribution in [0.4, 0.5) is 5.69 Å². The second-order valence-corrected chi connectivity index (χ2v) is 8.48. The van der Waals surface area contributed by atoms with Gasteiger partial charge < -0.3 is 24.3 Å². The first-order chi connectivity index (χ1) is 15.8. The van der Waals surface area contributed by atoms with Crippen molar-refractivity contribution in [1.82, 2.24) is 19.9 Å². The molecule has 0 saturated carbocycles. The largest absolute Gasteiger partial charge is 0.471 e. The zero-order chi connectivity index (χ0) is 23.8. The number of carbonyl (C=O) groups excluding carboxylic acids is 2.